The standard InChI is InChI=1S/C14H19NO2/c1-11-5-2-3-6-12(11)13-7-4-9-15(13)10-8-14(16)17/h2-3,5-6,13H,4,7-10H2,1H3,(H,16,17)/t13-/m0/s1. The van der Waals surface area contributed by atoms with Crippen LogP contribution in [0.15, 0.2) is 24.3 Å². The molecule has 1 saturated heterocycles. The lowest BCUT2D eigenvalue weighted by Gasteiger charge is -2.25. The first-order valence-corrected chi connectivity index (χ1v) is 6.20. The number of hydrogen-bond donors (Lipinski definition) is 1. The van der Waals surface area contributed by atoms with Gasteiger partial charge in [-0.2, -0.15) is 0 Å². The monoisotopic (exact) mass is 233 g/mol. The van der Waals surface area contributed by atoms with Crippen molar-refractivity contribution < 1.29 is 9.90 Å². The second kappa shape index (κ2) is 5.32. The molecular formula is C14H19NO2. The molecule has 2 rings (SSSR count). The summed E-state index contributed by atoms with van der Waals surface area (Å²) in [6, 6.07) is 8.82. The van der Waals surface area contributed by atoms with Gasteiger partial charge in [-0.15, -0.1) is 0 Å². The van der Waals surface area contributed by atoms with Gasteiger partial charge in [-0.1, -0.05) is 24.3 Å². The van der Waals surface area contributed by atoms with E-state index in [4.69, 9.17) is 5.11 Å². The lowest BCUT2D eigenvalue weighted by Crippen LogP contribution is -2.26. The summed E-state index contributed by atoms with van der Waals surface area (Å²) in [6.07, 6.45) is 2.55. The molecule has 1 atom stereocenters. The van der Waals surface area contributed by atoms with Crippen LogP contribution in [0.2, 0.25) is 0 Å². The third kappa shape index (κ3) is 2.86. The van der Waals surface area contributed by atoms with Gasteiger partial charge in [-0.05, 0) is 37.4 Å². The largest absolute Gasteiger partial charge is 0.481 e. The number of nitrogens with zero attached hydrogens (tertiary/aromatic N) is 1. The highest BCUT2D eigenvalue weighted by Gasteiger charge is 2.26. The van der Waals surface area contributed by atoms with Crippen molar-refractivity contribution >= 4 is 5.97 Å². The number of carboxylic acids is 1. The molecule has 3 nitrogen and oxygen atoms in total. The van der Waals surface area contributed by atoms with Crippen molar-refractivity contribution in [3.05, 3.63) is 35.4 Å². The summed E-state index contributed by atoms with van der Waals surface area (Å²) in [4.78, 5) is 12.9. The minimum absolute atomic E-state index is 0.238. The number of benzene rings is 1. The van der Waals surface area contributed by atoms with Gasteiger partial charge < -0.3 is 5.11 Å². The average molecular weight is 233 g/mol. The molecule has 3 heteroatoms. The highest BCUT2D eigenvalue weighted by molar-refractivity contribution is 5.66. The zero-order valence-electron chi connectivity index (χ0n) is 10.2. The van der Waals surface area contributed by atoms with Crippen LogP contribution in [0.4, 0.5) is 0 Å². The highest BCUT2D eigenvalue weighted by Crippen LogP contribution is 2.33. The smallest absolute Gasteiger partial charge is 0.304 e. The molecule has 0 unspecified atom stereocenters. The molecule has 0 bridgehead atoms. The summed E-state index contributed by atoms with van der Waals surface area (Å²) in [5.74, 6) is -0.708. The van der Waals surface area contributed by atoms with Gasteiger partial charge in [0, 0.05) is 12.6 Å². The maximum absolute atomic E-state index is 10.6. The molecule has 1 aromatic rings. The maximum atomic E-state index is 10.6. The summed E-state index contributed by atoms with van der Waals surface area (Å²) >= 11 is 0. The van der Waals surface area contributed by atoms with Crippen molar-refractivity contribution in [3.63, 3.8) is 0 Å². The van der Waals surface area contributed by atoms with Crippen molar-refractivity contribution in [1.29, 1.82) is 0 Å². The van der Waals surface area contributed by atoms with E-state index in [1.165, 1.54) is 17.5 Å². The Balaban J connectivity index is 2.09. The zero-order valence-corrected chi connectivity index (χ0v) is 10.2. The van der Waals surface area contributed by atoms with Gasteiger partial charge in [0.15, 0.2) is 0 Å². The fourth-order valence-corrected chi connectivity index (χ4v) is 2.65. The quantitative estimate of drug-likeness (QED) is 0.869. The molecule has 17 heavy (non-hydrogen) atoms. The highest BCUT2D eigenvalue weighted by atomic mass is 16.4. The number of aryl methyl sites for hydroxylation is 1. The first kappa shape index (κ1) is 12.1. The Morgan fingerprint density at radius 1 is 1.47 bits per heavy atom. The Labute approximate surface area is 102 Å². The van der Waals surface area contributed by atoms with E-state index in [1.54, 1.807) is 0 Å². The normalized spacial score (nSPS) is 20.6. The molecule has 0 spiro atoms. The molecule has 1 aliphatic heterocycles. The van der Waals surface area contributed by atoms with E-state index in [-0.39, 0.29) is 6.42 Å². The Morgan fingerprint density at radius 2 is 2.24 bits per heavy atom. The van der Waals surface area contributed by atoms with Crippen LogP contribution in [0.1, 0.15) is 36.4 Å². The fraction of sp³-hybridized carbons (Fsp3) is 0.500. The van der Waals surface area contributed by atoms with Gasteiger partial charge in [0.1, 0.15) is 0 Å². The van der Waals surface area contributed by atoms with Crippen LogP contribution in [0, 0.1) is 6.92 Å². The molecular weight excluding hydrogens is 214 g/mol. The summed E-state index contributed by atoms with van der Waals surface area (Å²) in [5, 5.41) is 8.76. The van der Waals surface area contributed by atoms with Gasteiger partial charge in [-0.3, -0.25) is 9.69 Å². The van der Waals surface area contributed by atoms with E-state index < -0.39 is 5.97 Å². The topological polar surface area (TPSA) is 40.5 Å². The molecule has 1 N–H and O–H groups in total. The summed E-state index contributed by atoms with van der Waals surface area (Å²) in [7, 11) is 0. The molecule has 1 fully saturated rings. The van der Waals surface area contributed by atoms with Crippen LogP contribution in [0.3, 0.4) is 0 Å². The second-order valence-electron chi connectivity index (χ2n) is 4.69. The number of aliphatic carboxylic acids is 1. The van der Waals surface area contributed by atoms with Crippen LogP contribution >= 0.6 is 0 Å². The van der Waals surface area contributed by atoms with Crippen molar-refractivity contribution in [2.24, 2.45) is 0 Å². The average Bonchev–Trinajstić information content (AvgIpc) is 2.75. The van der Waals surface area contributed by atoms with Crippen LogP contribution < -0.4 is 0 Å². The third-order valence-corrected chi connectivity index (χ3v) is 3.52. The summed E-state index contributed by atoms with van der Waals surface area (Å²) in [5.41, 5.74) is 2.66. The molecule has 0 aromatic heterocycles. The molecule has 92 valence electrons. The molecule has 1 heterocycles. The van der Waals surface area contributed by atoms with Crippen LogP contribution in [-0.2, 0) is 4.79 Å². The number of carboxylic acid groups (broad SMARTS) is 1. The first-order valence-electron chi connectivity index (χ1n) is 6.20. The first-order chi connectivity index (χ1) is 8.18. The van der Waals surface area contributed by atoms with Crippen LogP contribution in [0.25, 0.3) is 0 Å². The predicted molar refractivity (Wildman–Crippen MR) is 67.0 cm³/mol. The molecule has 1 aromatic carbocycles. The molecule has 0 saturated carbocycles. The Morgan fingerprint density at radius 3 is 2.94 bits per heavy atom. The zero-order chi connectivity index (χ0) is 12.3. The summed E-state index contributed by atoms with van der Waals surface area (Å²) < 4.78 is 0. The van der Waals surface area contributed by atoms with Crippen molar-refractivity contribution in [3.8, 4) is 0 Å². The summed E-state index contributed by atoms with van der Waals surface area (Å²) in [6.45, 7) is 3.81. The van der Waals surface area contributed by atoms with Crippen molar-refractivity contribution in [2.75, 3.05) is 13.1 Å². The fourth-order valence-electron chi connectivity index (χ4n) is 2.65. The predicted octanol–water partition coefficient (Wildman–Crippen LogP) is 2.61. The number of likely N-dealkylation sites (tertiary alicyclic amines) is 1. The number of carbonyl (C=O) groups is 1. The Bertz CT molecular complexity index is 403. The van der Waals surface area contributed by atoms with E-state index >= 15 is 0 Å². The Kier molecular flexibility index (Phi) is 3.79. The van der Waals surface area contributed by atoms with E-state index in [0.717, 1.165) is 13.0 Å². The van der Waals surface area contributed by atoms with Crippen LogP contribution in [0.5, 0.6) is 0 Å². The maximum Gasteiger partial charge on any atom is 0.304 e. The number of rotatable bonds is 4. The van der Waals surface area contributed by atoms with Crippen LogP contribution in [-0.4, -0.2) is 29.1 Å². The lowest BCUT2D eigenvalue weighted by atomic mass is 9.99. The Hall–Kier alpha value is -1.35. The molecule has 0 aliphatic carbocycles. The van der Waals surface area contributed by atoms with Crippen molar-refractivity contribution in [2.45, 2.75) is 32.2 Å². The van der Waals surface area contributed by atoms with Crippen molar-refractivity contribution in [1.82, 2.24) is 4.90 Å². The minimum Gasteiger partial charge on any atom is -0.481 e. The molecule has 1 aliphatic rings. The lowest BCUT2D eigenvalue weighted by molar-refractivity contribution is -0.137. The van der Waals surface area contributed by atoms with E-state index in [9.17, 15) is 4.79 Å². The van der Waals surface area contributed by atoms with E-state index in [0.29, 0.717) is 12.6 Å². The SMILES string of the molecule is Cc1ccccc1[C@@H]1CCCN1CCC(=O)O. The number of hydrogen-bond acceptors (Lipinski definition) is 2. The second-order valence-corrected chi connectivity index (χ2v) is 4.69. The van der Waals surface area contributed by atoms with E-state index in [1.807, 2.05) is 0 Å². The minimum atomic E-state index is -0.708. The van der Waals surface area contributed by atoms with Gasteiger partial charge >= 0.3 is 5.97 Å². The molecule has 0 amide bonds. The third-order valence-electron chi connectivity index (χ3n) is 3.52. The molecule has 0 radical (unpaired) electrons. The van der Waals surface area contributed by atoms with Gasteiger partial charge in [0.25, 0.3) is 0 Å². The van der Waals surface area contributed by atoms with Gasteiger partial charge in [-0.25, -0.2) is 0 Å². The van der Waals surface area contributed by atoms with Gasteiger partial charge in [0.05, 0.1) is 6.42 Å². The van der Waals surface area contributed by atoms with Gasteiger partial charge in [0.2, 0.25) is 0 Å². The van der Waals surface area contributed by atoms with E-state index in [2.05, 4.69) is 36.1 Å².